The average molecular weight is 116 g/mol. The molecule has 8 heavy (non-hydrogen) atoms. The van der Waals surface area contributed by atoms with Crippen molar-refractivity contribution >= 4 is 6.09 Å². The van der Waals surface area contributed by atoms with Gasteiger partial charge in [0.25, 0.3) is 0 Å². The van der Waals surface area contributed by atoms with Crippen molar-refractivity contribution < 1.29 is 9.63 Å². The van der Waals surface area contributed by atoms with Crippen molar-refractivity contribution in [2.45, 2.75) is 6.42 Å². The van der Waals surface area contributed by atoms with E-state index < -0.39 is 6.09 Å². The van der Waals surface area contributed by atoms with Gasteiger partial charge in [-0.1, -0.05) is 0 Å². The molecule has 0 bridgehead atoms. The molecule has 0 radical (unpaired) electrons. The third-order valence-corrected chi connectivity index (χ3v) is 1.22. The van der Waals surface area contributed by atoms with Crippen molar-refractivity contribution in [2.24, 2.45) is 5.90 Å². The summed E-state index contributed by atoms with van der Waals surface area (Å²) in [4.78, 5) is 15.9. The van der Waals surface area contributed by atoms with Gasteiger partial charge in [-0.05, 0) is 6.42 Å². The summed E-state index contributed by atoms with van der Waals surface area (Å²) < 4.78 is 0. The molecule has 0 aromatic carbocycles. The third-order valence-electron chi connectivity index (χ3n) is 1.22. The molecule has 0 aliphatic carbocycles. The highest BCUT2D eigenvalue weighted by Crippen LogP contribution is 2.05. The maximum absolute atomic E-state index is 10.4. The van der Waals surface area contributed by atoms with Gasteiger partial charge in [0.05, 0.1) is 0 Å². The Morgan fingerprint density at radius 2 is 2.25 bits per heavy atom. The lowest BCUT2D eigenvalue weighted by molar-refractivity contribution is 0.0812. The second-order valence-electron chi connectivity index (χ2n) is 1.72. The van der Waals surface area contributed by atoms with Gasteiger partial charge < -0.3 is 9.74 Å². The standard InChI is InChI=1S/C4H8N2O2/c5-8-4(7)6-2-1-3-6/h1-3,5H2. The molecule has 0 spiro atoms. The molecule has 0 unspecified atom stereocenters. The summed E-state index contributed by atoms with van der Waals surface area (Å²) in [5.74, 6) is 4.59. The number of amides is 1. The number of hydrogen-bond acceptors (Lipinski definition) is 3. The van der Waals surface area contributed by atoms with Crippen molar-refractivity contribution in [2.75, 3.05) is 13.1 Å². The summed E-state index contributed by atoms with van der Waals surface area (Å²) in [6, 6.07) is 0. The predicted molar refractivity (Wildman–Crippen MR) is 26.9 cm³/mol. The number of hydrogen-bond donors (Lipinski definition) is 1. The first-order chi connectivity index (χ1) is 3.84. The van der Waals surface area contributed by atoms with E-state index in [1.54, 1.807) is 4.90 Å². The van der Waals surface area contributed by atoms with Crippen LogP contribution in [0.1, 0.15) is 6.42 Å². The monoisotopic (exact) mass is 116 g/mol. The molecule has 1 amide bonds. The zero-order chi connectivity index (χ0) is 5.98. The molecule has 1 heterocycles. The number of carbonyl (C=O) groups excluding carboxylic acids is 1. The Bertz CT molecular complexity index is 100. The van der Waals surface area contributed by atoms with Crippen molar-refractivity contribution in [3.63, 3.8) is 0 Å². The van der Waals surface area contributed by atoms with E-state index >= 15 is 0 Å². The van der Waals surface area contributed by atoms with Crippen LogP contribution in [0.5, 0.6) is 0 Å². The molecule has 0 saturated carbocycles. The summed E-state index contributed by atoms with van der Waals surface area (Å²) in [5, 5.41) is 0. The zero-order valence-electron chi connectivity index (χ0n) is 4.46. The van der Waals surface area contributed by atoms with E-state index in [-0.39, 0.29) is 0 Å². The fraction of sp³-hybridized carbons (Fsp3) is 0.750. The minimum atomic E-state index is -0.420. The minimum Gasteiger partial charge on any atom is -0.357 e. The van der Waals surface area contributed by atoms with Gasteiger partial charge in [0.2, 0.25) is 0 Å². The van der Waals surface area contributed by atoms with E-state index in [2.05, 4.69) is 10.7 Å². The molecule has 2 N–H and O–H groups in total. The topological polar surface area (TPSA) is 55.6 Å². The first kappa shape index (κ1) is 5.37. The third kappa shape index (κ3) is 0.742. The van der Waals surface area contributed by atoms with Crippen LogP contribution in [0, 0.1) is 0 Å². The number of likely N-dealkylation sites (tertiary alicyclic amines) is 1. The number of nitrogens with zero attached hydrogens (tertiary/aromatic N) is 1. The maximum Gasteiger partial charge on any atom is 0.428 e. The first-order valence-electron chi connectivity index (χ1n) is 2.50. The number of carbonyl (C=O) groups is 1. The Balaban J connectivity index is 2.24. The van der Waals surface area contributed by atoms with Crippen molar-refractivity contribution in [1.29, 1.82) is 0 Å². The Kier molecular flexibility index (Phi) is 1.34. The Labute approximate surface area is 47.2 Å². The molecule has 46 valence electrons. The van der Waals surface area contributed by atoms with Gasteiger partial charge >= 0.3 is 6.09 Å². The van der Waals surface area contributed by atoms with E-state index in [4.69, 9.17) is 0 Å². The van der Waals surface area contributed by atoms with Crippen molar-refractivity contribution in [1.82, 2.24) is 4.90 Å². The molecule has 1 aliphatic heterocycles. The molecule has 0 atom stereocenters. The molecule has 0 aromatic heterocycles. The van der Waals surface area contributed by atoms with Crippen LogP contribution >= 0.6 is 0 Å². The van der Waals surface area contributed by atoms with Crippen LogP contribution in [0.15, 0.2) is 0 Å². The van der Waals surface area contributed by atoms with Gasteiger partial charge in [0, 0.05) is 13.1 Å². The molecule has 4 nitrogen and oxygen atoms in total. The van der Waals surface area contributed by atoms with Gasteiger partial charge in [-0.25, -0.2) is 4.79 Å². The molecule has 1 rings (SSSR count). The van der Waals surface area contributed by atoms with Gasteiger partial charge in [-0.2, -0.15) is 5.90 Å². The van der Waals surface area contributed by atoms with E-state index in [1.807, 2.05) is 0 Å². The maximum atomic E-state index is 10.4. The highest BCUT2D eigenvalue weighted by molar-refractivity contribution is 5.67. The van der Waals surface area contributed by atoms with Gasteiger partial charge in [-0.15, -0.1) is 0 Å². The summed E-state index contributed by atoms with van der Waals surface area (Å²) >= 11 is 0. The SMILES string of the molecule is NOC(=O)N1CCC1. The second-order valence-corrected chi connectivity index (χ2v) is 1.72. The van der Waals surface area contributed by atoms with Crippen LogP contribution < -0.4 is 5.90 Å². The van der Waals surface area contributed by atoms with Crippen LogP contribution in [0.3, 0.4) is 0 Å². The average Bonchev–Trinajstić information content (AvgIpc) is 1.62. The zero-order valence-corrected chi connectivity index (χ0v) is 4.46. The predicted octanol–water partition coefficient (Wildman–Crippen LogP) is -0.298. The molecule has 4 heteroatoms. The molecule has 1 aliphatic rings. The van der Waals surface area contributed by atoms with Gasteiger partial charge in [0.1, 0.15) is 0 Å². The largest absolute Gasteiger partial charge is 0.428 e. The van der Waals surface area contributed by atoms with Crippen LogP contribution in [-0.2, 0) is 4.84 Å². The molecular weight excluding hydrogens is 108 g/mol. The molecule has 1 fully saturated rings. The molecule has 0 aromatic rings. The fourth-order valence-electron chi connectivity index (χ4n) is 0.573. The van der Waals surface area contributed by atoms with Gasteiger partial charge in [-0.3, -0.25) is 0 Å². The molecule has 1 saturated heterocycles. The van der Waals surface area contributed by atoms with Gasteiger partial charge in [0.15, 0.2) is 0 Å². The lowest BCUT2D eigenvalue weighted by Crippen LogP contribution is -2.43. The van der Waals surface area contributed by atoms with Crippen LogP contribution in [0.2, 0.25) is 0 Å². The Hall–Kier alpha value is -0.770. The smallest absolute Gasteiger partial charge is 0.357 e. The van der Waals surface area contributed by atoms with E-state index in [9.17, 15) is 4.79 Å². The van der Waals surface area contributed by atoms with Crippen molar-refractivity contribution in [3.8, 4) is 0 Å². The normalized spacial score (nSPS) is 17.4. The number of nitrogens with two attached hydrogens (primary N) is 1. The van der Waals surface area contributed by atoms with Crippen LogP contribution in [0.4, 0.5) is 4.79 Å². The van der Waals surface area contributed by atoms with E-state index in [0.29, 0.717) is 0 Å². The first-order valence-corrected chi connectivity index (χ1v) is 2.50. The second kappa shape index (κ2) is 2.00. The minimum absolute atomic E-state index is 0.420. The summed E-state index contributed by atoms with van der Waals surface area (Å²) in [6.45, 7) is 1.58. The highest BCUT2D eigenvalue weighted by Gasteiger charge is 2.20. The quantitative estimate of drug-likeness (QED) is 0.442. The number of rotatable bonds is 0. The summed E-state index contributed by atoms with van der Waals surface area (Å²) in [7, 11) is 0. The Morgan fingerprint density at radius 3 is 2.38 bits per heavy atom. The van der Waals surface area contributed by atoms with E-state index in [0.717, 1.165) is 19.5 Å². The fourth-order valence-corrected chi connectivity index (χ4v) is 0.573. The van der Waals surface area contributed by atoms with Crippen LogP contribution in [-0.4, -0.2) is 24.1 Å². The Morgan fingerprint density at radius 1 is 1.62 bits per heavy atom. The molecular formula is C4H8N2O2. The lowest BCUT2D eigenvalue weighted by atomic mass is 10.2. The van der Waals surface area contributed by atoms with Crippen molar-refractivity contribution in [3.05, 3.63) is 0 Å². The summed E-state index contributed by atoms with van der Waals surface area (Å²) in [6.07, 6.45) is 0.644. The van der Waals surface area contributed by atoms with Crippen LogP contribution in [0.25, 0.3) is 0 Å². The summed E-state index contributed by atoms with van der Waals surface area (Å²) in [5.41, 5.74) is 0. The van der Waals surface area contributed by atoms with E-state index in [1.165, 1.54) is 0 Å². The lowest BCUT2D eigenvalue weighted by Gasteiger charge is -2.28. The highest BCUT2D eigenvalue weighted by atomic mass is 16.7.